The standard InChI is InChI=1S/C15H28N2O/c16-14(13-7-9-18-11-13)10-17-8-3-5-12-4-1-2-6-15(12)17/h12-15H,1-11,16H2/t12-,13?,14?,15-/m1/s1. The van der Waals surface area contributed by atoms with E-state index in [2.05, 4.69) is 4.90 Å². The molecule has 2 saturated heterocycles. The van der Waals surface area contributed by atoms with E-state index in [0.717, 1.165) is 31.7 Å². The normalized spacial score (nSPS) is 39.5. The van der Waals surface area contributed by atoms with Crippen LogP contribution in [0.25, 0.3) is 0 Å². The highest BCUT2D eigenvalue weighted by Gasteiger charge is 2.35. The Morgan fingerprint density at radius 1 is 1.11 bits per heavy atom. The minimum atomic E-state index is 0.327. The quantitative estimate of drug-likeness (QED) is 0.835. The van der Waals surface area contributed by atoms with Gasteiger partial charge in [0.05, 0.1) is 6.61 Å². The van der Waals surface area contributed by atoms with Crippen molar-refractivity contribution in [3.05, 3.63) is 0 Å². The number of likely N-dealkylation sites (tertiary alicyclic amines) is 1. The van der Waals surface area contributed by atoms with Crippen LogP contribution in [0.15, 0.2) is 0 Å². The summed E-state index contributed by atoms with van der Waals surface area (Å²) in [6.45, 7) is 4.20. The fourth-order valence-corrected chi connectivity index (χ4v) is 4.26. The molecule has 3 fully saturated rings. The first kappa shape index (κ1) is 12.9. The van der Waals surface area contributed by atoms with Crippen molar-refractivity contribution < 1.29 is 4.74 Å². The molecule has 0 radical (unpaired) electrons. The third-order valence-electron chi connectivity index (χ3n) is 5.37. The van der Waals surface area contributed by atoms with Crippen LogP contribution in [0.2, 0.25) is 0 Å². The zero-order valence-corrected chi connectivity index (χ0v) is 11.5. The summed E-state index contributed by atoms with van der Waals surface area (Å²) >= 11 is 0. The van der Waals surface area contributed by atoms with Crippen LogP contribution in [0.3, 0.4) is 0 Å². The molecule has 0 aromatic carbocycles. The Hall–Kier alpha value is -0.120. The fraction of sp³-hybridized carbons (Fsp3) is 1.00. The predicted octanol–water partition coefficient (Wildman–Crippen LogP) is 2.00. The topological polar surface area (TPSA) is 38.5 Å². The molecule has 3 nitrogen and oxygen atoms in total. The number of piperidine rings is 1. The Bertz CT molecular complexity index is 263. The summed E-state index contributed by atoms with van der Waals surface area (Å²) in [6, 6.07) is 1.18. The van der Waals surface area contributed by atoms with Gasteiger partial charge >= 0.3 is 0 Å². The summed E-state index contributed by atoms with van der Waals surface area (Å²) in [6.07, 6.45) is 9.78. The lowest BCUT2D eigenvalue weighted by atomic mass is 9.78. The lowest BCUT2D eigenvalue weighted by Crippen LogP contribution is -2.52. The van der Waals surface area contributed by atoms with E-state index >= 15 is 0 Å². The maximum absolute atomic E-state index is 6.41. The van der Waals surface area contributed by atoms with Gasteiger partial charge in [-0.3, -0.25) is 4.90 Å². The fourth-order valence-electron chi connectivity index (χ4n) is 4.26. The molecule has 2 N–H and O–H groups in total. The lowest BCUT2D eigenvalue weighted by molar-refractivity contribution is 0.0500. The van der Waals surface area contributed by atoms with Gasteiger partial charge in [0.1, 0.15) is 0 Å². The van der Waals surface area contributed by atoms with Gasteiger partial charge in [-0.05, 0) is 44.6 Å². The first-order valence-electron chi connectivity index (χ1n) is 7.92. The number of nitrogens with two attached hydrogens (primary N) is 1. The molecule has 0 aromatic rings. The number of hydrogen-bond donors (Lipinski definition) is 1. The van der Waals surface area contributed by atoms with Crippen molar-refractivity contribution in [2.45, 2.75) is 57.0 Å². The molecule has 4 atom stereocenters. The monoisotopic (exact) mass is 252 g/mol. The molecular weight excluding hydrogens is 224 g/mol. The van der Waals surface area contributed by atoms with Gasteiger partial charge in [-0.15, -0.1) is 0 Å². The van der Waals surface area contributed by atoms with E-state index < -0.39 is 0 Å². The molecule has 1 saturated carbocycles. The molecule has 2 heterocycles. The van der Waals surface area contributed by atoms with E-state index in [1.807, 2.05) is 0 Å². The minimum absolute atomic E-state index is 0.327. The van der Waals surface area contributed by atoms with Crippen molar-refractivity contribution in [2.24, 2.45) is 17.6 Å². The van der Waals surface area contributed by atoms with Gasteiger partial charge in [0.2, 0.25) is 0 Å². The Balaban J connectivity index is 1.56. The summed E-state index contributed by atoms with van der Waals surface area (Å²) < 4.78 is 5.48. The van der Waals surface area contributed by atoms with Gasteiger partial charge < -0.3 is 10.5 Å². The number of hydrogen-bond acceptors (Lipinski definition) is 3. The zero-order chi connectivity index (χ0) is 12.4. The van der Waals surface area contributed by atoms with Crippen LogP contribution in [0.1, 0.15) is 44.9 Å². The maximum atomic E-state index is 6.41. The molecule has 3 heteroatoms. The Labute approximate surface area is 111 Å². The molecule has 0 bridgehead atoms. The minimum Gasteiger partial charge on any atom is -0.381 e. The van der Waals surface area contributed by atoms with Gasteiger partial charge in [0.15, 0.2) is 0 Å². The molecule has 0 amide bonds. The highest BCUT2D eigenvalue weighted by molar-refractivity contribution is 4.90. The van der Waals surface area contributed by atoms with E-state index in [9.17, 15) is 0 Å². The average molecular weight is 252 g/mol. The van der Waals surface area contributed by atoms with Crippen LogP contribution in [-0.4, -0.2) is 43.3 Å². The summed E-state index contributed by atoms with van der Waals surface area (Å²) in [5.74, 6) is 1.58. The summed E-state index contributed by atoms with van der Waals surface area (Å²) in [5.41, 5.74) is 6.41. The largest absolute Gasteiger partial charge is 0.381 e. The van der Waals surface area contributed by atoms with Gasteiger partial charge in [-0.1, -0.05) is 12.8 Å². The Kier molecular flexibility index (Phi) is 4.22. The SMILES string of the molecule is NC(CN1CCC[C@H]2CCCC[C@H]21)C1CCOC1. The third-order valence-corrected chi connectivity index (χ3v) is 5.37. The van der Waals surface area contributed by atoms with Crippen molar-refractivity contribution in [3.8, 4) is 0 Å². The van der Waals surface area contributed by atoms with Crippen LogP contribution >= 0.6 is 0 Å². The average Bonchev–Trinajstić information content (AvgIpc) is 2.93. The van der Waals surface area contributed by atoms with E-state index in [-0.39, 0.29) is 0 Å². The van der Waals surface area contributed by atoms with Crippen LogP contribution < -0.4 is 5.73 Å². The highest BCUT2D eigenvalue weighted by atomic mass is 16.5. The molecule has 2 aliphatic heterocycles. The second-order valence-electron chi connectivity index (χ2n) is 6.54. The summed E-state index contributed by atoms with van der Waals surface area (Å²) in [4.78, 5) is 2.72. The predicted molar refractivity (Wildman–Crippen MR) is 73.5 cm³/mol. The maximum Gasteiger partial charge on any atom is 0.0510 e. The number of ether oxygens (including phenoxy) is 1. The van der Waals surface area contributed by atoms with Crippen molar-refractivity contribution in [2.75, 3.05) is 26.3 Å². The van der Waals surface area contributed by atoms with Crippen molar-refractivity contribution in [3.63, 3.8) is 0 Å². The second-order valence-corrected chi connectivity index (χ2v) is 6.54. The van der Waals surface area contributed by atoms with Gasteiger partial charge in [0, 0.05) is 31.2 Å². The lowest BCUT2D eigenvalue weighted by Gasteiger charge is -2.45. The van der Waals surface area contributed by atoms with Crippen LogP contribution in [0.4, 0.5) is 0 Å². The molecule has 1 aliphatic carbocycles. The summed E-state index contributed by atoms with van der Waals surface area (Å²) in [7, 11) is 0. The number of rotatable bonds is 3. The van der Waals surface area contributed by atoms with E-state index in [0.29, 0.717) is 12.0 Å². The first-order chi connectivity index (χ1) is 8.84. The molecule has 18 heavy (non-hydrogen) atoms. The van der Waals surface area contributed by atoms with Crippen LogP contribution in [-0.2, 0) is 4.74 Å². The van der Waals surface area contributed by atoms with E-state index in [1.165, 1.54) is 51.5 Å². The van der Waals surface area contributed by atoms with Gasteiger partial charge in [0.25, 0.3) is 0 Å². The first-order valence-corrected chi connectivity index (χ1v) is 7.92. The van der Waals surface area contributed by atoms with Gasteiger partial charge in [-0.2, -0.15) is 0 Å². The second kappa shape index (κ2) is 5.89. The number of fused-ring (bicyclic) bond motifs is 1. The Morgan fingerprint density at radius 2 is 1.94 bits per heavy atom. The van der Waals surface area contributed by atoms with Crippen molar-refractivity contribution in [1.29, 1.82) is 0 Å². The van der Waals surface area contributed by atoms with E-state index in [1.54, 1.807) is 0 Å². The van der Waals surface area contributed by atoms with Crippen molar-refractivity contribution >= 4 is 0 Å². The van der Waals surface area contributed by atoms with Crippen LogP contribution in [0, 0.1) is 11.8 Å². The molecule has 3 rings (SSSR count). The molecule has 2 unspecified atom stereocenters. The molecule has 104 valence electrons. The Morgan fingerprint density at radius 3 is 2.78 bits per heavy atom. The van der Waals surface area contributed by atoms with E-state index in [4.69, 9.17) is 10.5 Å². The highest BCUT2D eigenvalue weighted by Crippen LogP contribution is 2.35. The third kappa shape index (κ3) is 2.73. The number of nitrogens with zero attached hydrogens (tertiary/aromatic N) is 1. The molecule has 0 spiro atoms. The smallest absolute Gasteiger partial charge is 0.0510 e. The zero-order valence-electron chi connectivity index (χ0n) is 11.5. The van der Waals surface area contributed by atoms with Crippen LogP contribution in [0.5, 0.6) is 0 Å². The van der Waals surface area contributed by atoms with Gasteiger partial charge in [-0.25, -0.2) is 0 Å². The molecule has 3 aliphatic rings. The molecular formula is C15H28N2O. The van der Waals surface area contributed by atoms with Crippen molar-refractivity contribution in [1.82, 2.24) is 4.90 Å². The summed E-state index contributed by atoms with van der Waals surface area (Å²) in [5, 5.41) is 0. The molecule has 0 aromatic heterocycles.